The number of phenolic OH excluding ortho intramolecular Hbond substituents is 2. The molecule has 0 radical (unpaired) electrons. The highest BCUT2D eigenvalue weighted by Crippen LogP contribution is 2.41. The van der Waals surface area contributed by atoms with Crippen LogP contribution in [-0.4, -0.2) is 112 Å². The number of piperazine rings is 2. The van der Waals surface area contributed by atoms with Crippen LogP contribution in [0.15, 0.2) is 67.1 Å². The Labute approximate surface area is 350 Å². The number of hydrogen-bond donors (Lipinski definition) is 5. The van der Waals surface area contributed by atoms with Crippen LogP contribution in [0.3, 0.4) is 0 Å². The topological polar surface area (TPSA) is 196 Å². The van der Waals surface area contributed by atoms with Crippen LogP contribution in [-0.2, 0) is 26.9 Å². The standard InChI is InChI=1S/C45H46N12O4/c1-24-20-57(21-25(2)48-24)29-5-9-36-26(15-29)19-47-43(49-36)34-16-27-22-54(3)52-38(27)31(41(34)58)7-8-32-39-28(23-55(4)53-39)17-35(42(32)59)44-50-37-10-6-30(56-13-11-46-12-14-56)18-33(37)40(51-44)45(60)61/h5-6,9-10,15-19,22-25,46,48,58-59H,7-8,11-14,20-21H2,1-4H3,(H,60,61)/t24-,25+. The van der Waals surface area contributed by atoms with Gasteiger partial charge in [-0.2, -0.15) is 10.2 Å². The Morgan fingerprint density at radius 1 is 0.721 bits per heavy atom. The Kier molecular flexibility index (Phi) is 9.40. The fourth-order valence-corrected chi connectivity index (χ4v) is 9.16. The largest absolute Gasteiger partial charge is 0.507 e. The minimum Gasteiger partial charge on any atom is -0.507 e. The number of aromatic hydroxyl groups is 2. The molecule has 0 spiro atoms. The smallest absolute Gasteiger partial charge is 0.355 e. The molecule has 0 aliphatic carbocycles. The van der Waals surface area contributed by atoms with Crippen LogP contribution in [0.1, 0.15) is 35.5 Å². The molecule has 10 rings (SSSR count). The number of anilines is 2. The molecule has 4 aromatic heterocycles. The third-order valence-electron chi connectivity index (χ3n) is 11.9. The SMILES string of the molecule is C[C@@H]1CN(c2ccc3nc(-c4cc5cn(C)nc5c(CCc5c(O)c(-c6nc(C(=O)O)c7cc(N8CCNCC8)ccc7n6)cc6cn(C)nc56)c4O)ncc3c2)C[C@H](C)N1. The zero-order valence-corrected chi connectivity index (χ0v) is 34.4. The molecule has 6 heterocycles. The average molecular weight is 819 g/mol. The van der Waals surface area contributed by atoms with Gasteiger partial charge in [-0.1, -0.05) is 0 Å². The fourth-order valence-electron chi connectivity index (χ4n) is 9.16. The van der Waals surface area contributed by atoms with E-state index in [0.29, 0.717) is 56.5 Å². The summed E-state index contributed by atoms with van der Waals surface area (Å²) in [4.78, 5) is 36.3. The number of benzene rings is 4. The van der Waals surface area contributed by atoms with Gasteiger partial charge in [0.1, 0.15) is 11.5 Å². The Balaban J connectivity index is 1.02. The summed E-state index contributed by atoms with van der Waals surface area (Å²) in [5.74, 6) is -0.840. The number of phenols is 2. The van der Waals surface area contributed by atoms with Gasteiger partial charge in [0.25, 0.3) is 0 Å². The molecule has 2 fully saturated rings. The van der Waals surface area contributed by atoms with Crippen LogP contribution >= 0.6 is 0 Å². The van der Waals surface area contributed by atoms with Crippen molar-refractivity contribution in [1.82, 2.24) is 50.1 Å². The Bertz CT molecular complexity index is 3040. The predicted molar refractivity (Wildman–Crippen MR) is 236 cm³/mol. The second-order valence-electron chi connectivity index (χ2n) is 16.4. The lowest BCUT2D eigenvalue weighted by Gasteiger charge is -2.37. The number of aromatic carboxylic acids is 1. The first-order valence-corrected chi connectivity index (χ1v) is 20.6. The van der Waals surface area contributed by atoms with Gasteiger partial charge < -0.3 is 35.8 Å². The van der Waals surface area contributed by atoms with E-state index < -0.39 is 5.97 Å². The molecule has 2 aliphatic heterocycles. The van der Waals surface area contributed by atoms with Crippen LogP contribution in [0.4, 0.5) is 11.4 Å². The average Bonchev–Trinajstić information content (AvgIpc) is 3.82. The Morgan fingerprint density at radius 3 is 1.92 bits per heavy atom. The number of aryl methyl sites for hydroxylation is 4. The minimum absolute atomic E-state index is 0.00280. The molecular weight excluding hydrogens is 773 g/mol. The molecule has 0 amide bonds. The summed E-state index contributed by atoms with van der Waals surface area (Å²) in [6.07, 6.45) is 6.04. The van der Waals surface area contributed by atoms with E-state index in [1.54, 1.807) is 28.7 Å². The second-order valence-corrected chi connectivity index (χ2v) is 16.4. The molecule has 2 saturated heterocycles. The molecule has 0 bridgehead atoms. The van der Waals surface area contributed by atoms with Crippen molar-refractivity contribution < 1.29 is 20.1 Å². The van der Waals surface area contributed by atoms with Gasteiger partial charge in [-0.15, -0.1) is 0 Å². The predicted octanol–water partition coefficient (Wildman–Crippen LogP) is 5.17. The summed E-state index contributed by atoms with van der Waals surface area (Å²) in [6.45, 7) is 9.49. The van der Waals surface area contributed by atoms with Crippen molar-refractivity contribution in [2.45, 2.75) is 38.8 Å². The van der Waals surface area contributed by atoms with Crippen LogP contribution < -0.4 is 20.4 Å². The number of carboxylic acid groups (broad SMARTS) is 1. The molecule has 16 nitrogen and oxygen atoms in total. The van der Waals surface area contributed by atoms with Crippen LogP contribution in [0.25, 0.3) is 66.4 Å². The molecule has 0 saturated carbocycles. The van der Waals surface area contributed by atoms with Gasteiger partial charge >= 0.3 is 5.97 Å². The van der Waals surface area contributed by atoms with Crippen molar-refractivity contribution >= 4 is 61.0 Å². The quantitative estimate of drug-likeness (QED) is 0.135. The van der Waals surface area contributed by atoms with Gasteiger partial charge in [0, 0.05) is 128 Å². The number of hydrogen-bond acceptors (Lipinski definition) is 13. The lowest BCUT2D eigenvalue weighted by Crippen LogP contribution is -2.54. The van der Waals surface area contributed by atoms with Crippen molar-refractivity contribution in [3.05, 3.63) is 83.9 Å². The van der Waals surface area contributed by atoms with E-state index in [2.05, 4.69) is 51.4 Å². The highest BCUT2D eigenvalue weighted by molar-refractivity contribution is 6.03. The zero-order valence-electron chi connectivity index (χ0n) is 34.4. The maximum Gasteiger partial charge on any atom is 0.355 e. The number of nitrogens with one attached hydrogen (secondary N) is 2. The molecule has 0 unspecified atom stereocenters. The van der Waals surface area contributed by atoms with E-state index in [4.69, 9.17) is 25.1 Å². The molecule has 5 N–H and O–H groups in total. The number of aromatic nitrogens is 8. The molecule has 8 aromatic rings. The Morgan fingerprint density at radius 2 is 1.30 bits per heavy atom. The minimum atomic E-state index is -1.19. The van der Waals surface area contributed by atoms with Crippen LogP contribution in [0.5, 0.6) is 11.5 Å². The number of fused-ring (bicyclic) bond motifs is 4. The van der Waals surface area contributed by atoms with Crippen LogP contribution in [0, 0.1) is 0 Å². The summed E-state index contributed by atoms with van der Waals surface area (Å²) in [5.41, 5.74) is 6.09. The van der Waals surface area contributed by atoms with Gasteiger partial charge in [0.15, 0.2) is 17.3 Å². The first-order chi connectivity index (χ1) is 29.5. The summed E-state index contributed by atoms with van der Waals surface area (Å²) in [6, 6.07) is 16.2. The van der Waals surface area contributed by atoms with E-state index >= 15 is 0 Å². The first-order valence-electron chi connectivity index (χ1n) is 20.6. The maximum absolute atomic E-state index is 12.7. The Hall–Kier alpha value is -6.91. The maximum atomic E-state index is 12.7. The van der Waals surface area contributed by atoms with E-state index in [-0.39, 0.29) is 41.4 Å². The molecule has 310 valence electrons. The lowest BCUT2D eigenvalue weighted by atomic mass is 9.95. The third kappa shape index (κ3) is 6.96. The molecule has 2 aliphatic rings. The number of carbonyl (C=O) groups is 1. The van der Waals surface area contributed by atoms with Gasteiger partial charge in [0.2, 0.25) is 0 Å². The molecule has 61 heavy (non-hydrogen) atoms. The van der Waals surface area contributed by atoms with Gasteiger partial charge in [-0.3, -0.25) is 9.36 Å². The van der Waals surface area contributed by atoms with E-state index in [1.807, 2.05) is 49.8 Å². The van der Waals surface area contributed by atoms with Gasteiger partial charge in [0.05, 0.1) is 33.2 Å². The highest BCUT2D eigenvalue weighted by atomic mass is 16.4. The lowest BCUT2D eigenvalue weighted by molar-refractivity contribution is 0.0692. The van der Waals surface area contributed by atoms with Crippen LogP contribution in [0.2, 0.25) is 0 Å². The first kappa shape index (κ1) is 38.3. The number of carboxylic acids is 1. The third-order valence-corrected chi connectivity index (χ3v) is 11.9. The summed E-state index contributed by atoms with van der Waals surface area (Å²) in [7, 11) is 3.63. The zero-order chi connectivity index (χ0) is 42.1. The molecule has 4 aromatic carbocycles. The van der Waals surface area contributed by atoms with Crippen molar-refractivity contribution in [3.8, 4) is 34.3 Å². The summed E-state index contributed by atoms with van der Waals surface area (Å²) < 4.78 is 3.37. The van der Waals surface area contributed by atoms with Crippen molar-refractivity contribution in [2.24, 2.45) is 14.1 Å². The van der Waals surface area contributed by atoms with E-state index in [0.717, 1.165) is 72.3 Å². The summed E-state index contributed by atoms with van der Waals surface area (Å²) >= 11 is 0. The van der Waals surface area contributed by atoms with E-state index in [9.17, 15) is 20.1 Å². The van der Waals surface area contributed by atoms with E-state index in [1.165, 1.54) is 0 Å². The van der Waals surface area contributed by atoms with Gasteiger partial charge in [-0.25, -0.2) is 24.7 Å². The van der Waals surface area contributed by atoms with Gasteiger partial charge in [-0.05, 0) is 75.2 Å². The summed E-state index contributed by atoms with van der Waals surface area (Å²) in [5, 5.41) is 53.7. The number of rotatable bonds is 8. The monoisotopic (exact) mass is 818 g/mol. The fraction of sp³-hybridized carbons (Fsp3) is 0.311. The number of nitrogens with zero attached hydrogens (tertiary/aromatic N) is 10. The van der Waals surface area contributed by atoms with Crippen molar-refractivity contribution in [1.29, 1.82) is 0 Å². The second kappa shape index (κ2) is 15.0. The molecule has 16 heteroatoms. The van der Waals surface area contributed by atoms with Crippen molar-refractivity contribution in [3.63, 3.8) is 0 Å². The highest BCUT2D eigenvalue weighted by Gasteiger charge is 2.26. The molecule has 2 atom stereocenters. The van der Waals surface area contributed by atoms with Crippen molar-refractivity contribution in [2.75, 3.05) is 49.1 Å². The normalized spacial score (nSPS) is 17.3. The molecular formula is C45H46N12O4.